The second kappa shape index (κ2) is 5.99. The van der Waals surface area contributed by atoms with Crippen LogP contribution in [0.4, 0.5) is 5.82 Å². The minimum atomic E-state index is -0.357. The van der Waals surface area contributed by atoms with Crippen molar-refractivity contribution in [1.82, 2.24) is 15.2 Å². The van der Waals surface area contributed by atoms with Crippen LogP contribution in [0.5, 0.6) is 0 Å². The Morgan fingerprint density at radius 1 is 1.47 bits per heavy atom. The molecule has 0 aromatic carbocycles. The first kappa shape index (κ1) is 13.1. The van der Waals surface area contributed by atoms with Gasteiger partial charge in [0.15, 0.2) is 0 Å². The zero-order valence-electron chi connectivity index (χ0n) is 10.9. The average molecular weight is 260 g/mol. The van der Waals surface area contributed by atoms with Crippen LogP contribution in [0, 0.1) is 0 Å². The minimum absolute atomic E-state index is 0.0830. The Bertz CT molecular complexity index is 522. The highest BCUT2D eigenvalue weighted by atomic mass is 16.5. The molecule has 0 radical (unpaired) electrons. The number of carbonyl (C=O) groups is 1. The predicted octanol–water partition coefficient (Wildman–Crippen LogP) is 2.15. The van der Waals surface area contributed by atoms with Gasteiger partial charge < -0.3 is 10.1 Å². The molecular formula is C13H16N4O2. The Kier molecular flexibility index (Phi) is 4.12. The van der Waals surface area contributed by atoms with Crippen LogP contribution in [-0.4, -0.2) is 27.8 Å². The van der Waals surface area contributed by atoms with Gasteiger partial charge in [-0.15, -0.1) is 0 Å². The maximum atomic E-state index is 11.5. The van der Waals surface area contributed by atoms with Gasteiger partial charge in [0.25, 0.3) is 0 Å². The molecule has 2 heterocycles. The highest BCUT2D eigenvalue weighted by Crippen LogP contribution is 2.16. The third kappa shape index (κ3) is 3.31. The van der Waals surface area contributed by atoms with Crippen LogP contribution in [0.25, 0.3) is 0 Å². The van der Waals surface area contributed by atoms with Crippen molar-refractivity contribution in [1.29, 1.82) is 0 Å². The Hall–Kier alpha value is -2.37. The summed E-state index contributed by atoms with van der Waals surface area (Å²) in [5.41, 5.74) is 1.49. The number of pyridine rings is 1. The fraction of sp³-hybridized carbons (Fsp3) is 0.308. The van der Waals surface area contributed by atoms with Gasteiger partial charge in [-0.3, -0.25) is 5.10 Å². The van der Waals surface area contributed by atoms with E-state index in [2.05, 4.69) is 20.5 Å². The molecule has 1 unspecified atom stereocenters. The van der Waals surface area contributed by atoms with Crippen LogP contribution < -0.4 is 5.32 Å². The first-order valence-corrected chi connectivity index (χ1v) is 6.09. The minimum Gasteiger partial charge on any atom is -0.462 e. The van der Waals surface area contributed by atoms with Gasteiger partial charge in [-0.05, 0) is 26.0 Å². The van der Waals surface area contributed by atoms with E-state index in [0.29, 0.717) is 18.0 Å². The number of aromatic amines is 1. The molecule has 0 aliphatic heterocycles. The largest absolute Gasteiger partial charge is 0.462 e. The topological polar surface area (TPSA) is 79.9 Å². The zero-order valence-corrected chi connectivity index (χ0v) is 10.9. The summed E-state index contributed by atoms with van der Waals surface area (Å²) in [6.07, 6.45) is 5.08. The number of H-pyrrole nitrogens is 1. The van der Waals surface area contributed by atoms with Crippen molar-refractivity contribution in [2.45, 2.75) is 19.9 Å². The first-order chi connectivity index (χ1) is 9.20. The van der Waals surface area contributed by atoms with Gasteiger partial charge in [0.05, 0.1) is 24.4 Å². The smallest absolute Gasteiger partial charge is 0.339 e. The molecule has 0 saturated heterocycles. The summed E-state index contributed by atoms with van der Waals surface area (Å²) in [5.74, 6) is 0.339. The summed E-state index contributed by atoms with van der Waals surface area (Å²) in [4.78, 5) is 15.7. The number of nitrogens with zero attached hydrogens (tertiary/aromatic N) is 2. The lowest BCUT2D eigenvalue weighted by molar-refractivity contribution is 0.0526. The maximum absolute atomic E-state index is 11.5. The van der Waals surface area contributed by atoms with E-state index in [4.69, 9.17) is 4.74 Å². The third-order valence-corrected chi connectivity index (χ3v) is 2.66. The number of anilines is 1. The Morgan fingerprint density at radius 2 is 2.32 bits per heavy atom. The van der Waals surface area contributed by atoms with Crippen molar-refractivity contribution in [3.63, 3.8) is 0 Å². The molecule has 0 spiro atoms. The van der Waals surface area contributed by atoms with Crippen LogP contribution in [-0.2, 0) is 4.74 Å². The summed E-state index contributed by atoms with van der Waals surface area (Å²) in [5, 5.41) is 9.88. The molecule has 2 N–H and O–H groups in total. The number of ether oxygens (including phenoxy) is 1. The Balaban J connectivity index is 2.01. The van der Waals surface area contributed by atoms with E-state index >= 15 is 0 Å². The predicted molar refractivity (Wildman–Crippen MR) is 70.8 cm³/mol. The van der Waals surface area contributed by atoms with Gasteiger partial charge in [-0.1, -0.05) is 0 Å². The molecule has 0 fully saturated rings. The molecule has 0 aliphatic rings. The van der Waals surface area contributed by atoms with Crippen molar-refractivity contribution in [2.75, 3.05) is 11.9 Å². The molecule has 6 nitrogen and oxygen atoms in total. The van der Waals surface area contributed by atoms with Crippen molar-refractivity contribution in [3.05, 3.63) is 41.9 Å². The van der Waals surface area contributed by atoms with E-state index in [1.165, 1.54) is 6.20 Å². The molecule has 0 bridgehead atoms. The van der Waals surface area contributed by atoms with E-state index in [-0.39, 0.29) is 12.0 Å². The molecule has 0 amide bonds. The maximum Gasteiger partial charge on any atom is 0.339 e. The Labute approximate surface area is 111 Å². The number of nitrogens with one attached hydrogen (secondary N) is 2. The van der Waals surface area contributed by atoms with Crippen molar-refractivity contribution in [2.24, 2.45) is 0 Å². The second-order valence-corrected chi connectivity index (χ2v) is 4.05. The highest BCUT2D eigenvalue weighted by molar-refractivity contribution is 5.89. The number of aromatic nitrogens is 3. The first-order valence-electron chi connectivity index (χ1n) is 6.09. The van der Waals surface area contributed by atoms with E-state index < -0.39 is 0 Å². The molecule has 100 valence electrons. The Morgan fingerprint density at radius 3 is 2.89 bits per heavy atom. The fourth-order valence-electron chi connectivity index (χ4n) is 1.62. The fourth-order valence-corrected chi connectivity index (χ4v) is 1.62. The van der Waals surface area contributed by atoms with Gasteiger partial charge in [0.2, 0.25) is 0 Å². The third-order valence-electron chi connectivity index (χ3n) is 2.66. The highest BCUT2D eigenvalue weighted by Gasteiger charge is 2.09. The average Bonchev–Trinajstić information content (AvgIpc) is 2.94. The number of carbonyl (C=O) groups excluding carboxylic acids is 1. The standard InChI is InChI=1S/C13H16N4O2/c1-3-19-13(18)10-4-5-12(14-6-10)17-9(2)11-7-15-16-8-11/h4-9H,3H2,1-2H3,(H,14,17)(H,15,16). The second-order valence-electron chi connectivity index (χ2n) is 4.05. The summed E-state index contributed by atoms with van der Waals surface area (Å²) < 4.78 is 4.90. The molecule has 19 heavy (non-hydrogen) atoms. The molecular weight excluding hydrogens is 244 g/mol. The summed E-state index contributed by atoms with van der Waals surface area (Å²) >= 11 is 0. The van der Waals surface area contributed by atoms with Crippen molar-refractivity contribution >= 4 is 11.8 Å². The summed E-state index contributed by atoms with van der Waals surface area (Å²) in [6.45, 7) is 4.13. The molecule has 2 aromatic rings. The van der Waals surface area contributed by atoms with E-state index in [1.54, 1.807) is 25.3 Å². The van der Waals surface area contributed by atoms with E-state index in [9.17, 15) is 4.79 Å². The number of hydrogen-bond acceptors (Lipinski definition) is 5. The molecule has 2 rings (SSSR count). The number of hydrogen-bond donors (Lipinski definition) is 2. The van der Waals surface area contributed by atoms with Gasteiger partial charge in [-0.25, -0.2) is 9.78 Å². The summed E-state index contributed by atoms with van der Waals surface area (Å²) in [6, 6.07) is 3.53. The monoisotopic (exact) mass is 260 g/mol. The van der Waals surface area contributed by atoms with Crippen molar-refractivity contribution in [3.8, 4) is 0 Å². The van der Waals surface area contributed by atoms with Crippen LogP contribution >= 0.6 is 0 Å². The lowest BCUT2D eigenvalue weighted by atomic mass is 10.2. The number of esters is 1. The molecule has 0 aliphatic carbocycles. The number of rotatable bonds is 5. The van der Waals surface area contributed by atoms with Crippen LogP contribution in [0.2, 0.25) is 0 Å². The molecule has 0 saturated carbocycles. The van der Waals surface area contributed by atoms with Gasteiger partial charge >= 0.3 is 5.97 Å². The van der Waals surface area contributed by atoms with Gasteiger partial charge in [-0.2, -0.15) is 5.10 Å². The van der Waals surface area contributed by atoms with Crippen LogP contribution in [0.3, 0.4) is 0 Å². The van der Waals surface area contributed by atoms with Gasteiger partial charge in [0, 0.05) is 18.0 Å². The normalized spacial score (nSPS) is 11.9. The SMILES string of the molecule is CCOC(=O)c1ccc(NC(C)c2cn[nH]c2)nc1. The van der Waals surface area contributed by atoms with Crippen LogP contribution in [0.1, 0.15) is 35.8 Å². The van der Waals surface area contributed by atoms with Gasteiger partial charge in [0.1, 0.15) is 5.82 Å². The molecule has 2 aromatic heterocycles. The quantitative estimate of drug-likeness (QED) is 0.805. The van der Waals surface area contributed by atoms with Crippen LogP contribution in [0.15, 0.2) is 30.7 Å². The van der Waals surface area contributed by atoms with E-state index in [1.807, 2.05) is 13.1 Å². The lowest BCUT2D eigenvalue weighted by Gasteiger charge is -2.12. The lowest BCUT2D eigenvalue weighted by Crippen LogP contribution is -2.09. The van der Waals surface area contributed by atoms with Crippen molar-refractivity contribution < 1.29 is 9.53 Å². The summed E-state index contributed by atoms with van der Waals surface area (Å²) in [7, 11) is 0. The zero-order chi connectivity index (χ0) is 13.7. The molecule has 1 atom stereocenters. The molecule has 6 heteroatoms. The van der Waals surface area contributed by atoms with E-state index in [0.717, 1.165) is 5.56 Å².